The first kappa shape index (κ1) is 15.3. The summed E-state index contributed by atoms with van der Waals surface area (Å²) in [6.07, 6.45) is 8.87. The predicted molar refractivity (Wildman–Crippen MR) is 96.6 cm³/mol. The fourth-order valence-electron chi connectivity index (χ4n) is 3.01. The summed E-state index contributed by atoms with van der Waals surface area (Å²) in [5.74, 6) is 2.44. The zero-order valence-electron chi connectivity index (χ0n) is 13.4. The number of hydrogen-bond acceptors (Lipinski definition) is 3. The number of para-hydroxylation sites is 1. The van der Waals surface area contributed by atoms with Crippen LogP contribution in [-0.4, -0.2) is 26.5 Å². The minimum absolute atomic E-state index is 0.966. The Bertz CT molecular complexity index is 763. The topological polar surface area (TPSA) is 30.7 Å². The average molecular weight is 313 g/mol. The second-order valence-corrected chi connectivity index (χ2v) is 6.58. The fraction of sp³-hybridized carbons (Fsp3) is 0.444. The quantitative estimate of drug-likeness (QED) is 0.593. The molecule has 116 valence electrons. The molecule has 3 rings (SSSR count). The van der Waals surface area contributed by atoms with E-state index in [-0.39, 0.29) is 0 Å². The Morgan fingerprint density at radius 1 is 1.09 bits per heavy atom. The van der Waals surface area contributed by atoms with E-state index >= 15 is 0 Å². The summed E-state index contributed by atoms with van der Waals surface area (Å²) in [4.78, 5) is 9.33. The van der Waals surface area contributed by atoms with Crippen molar-refractivity contribution >= 4 is 33.7 Å². The van der Waals surface area contributed by atoms with Crippen molar-refractivity contribution in [2.75, 3.05) is 12.0 Å². The van der Waals surface area contributed by atoms with Gasteiger partial charge in [-0.2, -0.15) is 11.8 Å². The van der Waals surface area contributed by atoms with Gasteiger partial charge in [-0.05, 0) is 30.9 Å². The highest BCUT2D eigenvalue weighted by molar-refractivity contribution is 7.98. The molecule has 3 aromatic rings. The monoisotopic (exact) mass is 313 g/mol. The Hall–Kier alpha value is -1.55. The van der Waals surface area contributed by atoms with Crippen molar-refractivity contribution in [3.05, 3.63) is 36.3 Å². The molecule has 0 aliphatic rings. The van der Waals surface area contributed by atoms with E-state index in [4.69, 9.17) is 4.98 Å². The SMILES string of the molecule is CCc1nc2cnc3ccccc3c2n1CCCCCSC. The highest BCUT2D eigenvalue weighted by Crippen LogP contribution is 2.25. The van der Waals surface area contributed by atoms with Gasteiger partial charge in [0, 0.05) is 18.4 Å². The first-order chi connectivity index (χ1) is 10.8. The third-order valence-corrected chi connectivity index (χ3v) is 4.80. The Balaban J connectivity index is 1.97. The maximum atomic E-state index is 4.79. The summed E-state index contributed by atoms with van der Waals surface area (Å²) < 4.78 is 2.42. The molecule has 0 atom stereocenters. The Kier molecular flexibility index (Phi) is 4.98. The number of rotatable bonds is 7. The van der Waals surface area contributed by atoms with Gasteiger partial charge in [0.05, 0.1) is 17.2 Å². The lowest BCUT2D eigenvalue weighted by atomic mass is 10.2. The van der Waals surface area contributed by atoms with Crippen LogP contribution in [-0.2, 0) is 13.0 Å². The molecular formula is C18H23N3S. The fourth-order valence-corrected chi connectivity index (χ4v) is 3.51. The van der Waals surface area contributed by atoms with Gasteiger partial charge in [0.15, 0.2) is 0 Å². The number of unbranched alkanes of at least 4 members (excludes halogenated alkanes) is 2. The standard InChI is InChI=1S/C18H23N3S/c1-3-17-20-16-13-19-15-10-6-5-9-14(15)18(16)21(17)11-7-4-8-12-22-2/h5-6,9-10,13H,3-4,7-8,11-12H2,1-2H3. The van der Waals surface area contributed by atoms with Crippen molar-refractivity contribution in [1.82, 2.24) is 14.5 Å². The molecule has 2 aromatic heterocycles. The van der Waals surface area contributed by atoms with Crippen LogP contribution in [0.1, 0.15) is 32.0 Å². The van der Waals surface area contributed by atoms with Crippen molar-refractivity contribution in [3.8, 4) is 0 Å². The Morgan fingerprint density at radius 2 is 1.95 bits per heavy atom. The Labute approximate surface area is 136 Å². The molecule has 3 nitrogen and oxygen atoms in total. The molecule has 4 heteroatoms. The zero-order chi connectivity index (χ0) is 15.4. The van der Waals surface area contributed by atoms with E-state index in [2.05, 4.69) is 40.9 Å². The average Bonchev–Trinajstić information content (AvgIpc) is 2.93. The molecule has 0 amide bonds. The third-order valence-electron chi connectivity index (χ3n) is 4.11. The molecule has 0 aliphatic heterocycles. The van der Waals surface area contributed by atoms with Gasteiger partial charge in [0.1, 0.15) is 11.3 Å². The van der Waals surface area contributed by atoms with Gasteiger partial charge >= 0.3 is 0 Å². The molecule has 0 unspecified atom stereocenters. The van der Waals surface area contributed by atoms with Crippen molar-refractivity contribution in [2.45, 2.75) is 39.2 Å². The van der Waals surface area contributed by atoms with E-state index in [0.29, 0.717) is 0 Å². The van der Waals surface area contributed by atoms with E-state index in [1.165, 1.54) is 41.7 Å². The van der Waals surface area contributed by atoms with E-state index in [0.717, 1.165) is 24.0 Å². The van der Waals surface area contributed by atoms with Gasteiger partial charge in [-0.1, -0.05) is 31.5 Å². The molecule has 0 N–H and O–H groups in total. The summed E-state index contributed by atoms with van der Waals surface area (Å²) in [5.41, 5.74) is 3.34. The van der Waals surface area contributed by atoms with E-state index in [9.17, 15) is 0 Å². The number of thioether (sulfide) groups is 1. The third kappa shape index (κ3) is 2.98. The van der Waals surface area contributed by atoms with E-state index in [1.54, 1.807) is 0 Å². The number of nitrogens with zero attached hydrogens (tertiary/aromatic N) is 3. The molecule has 2 heterocycles. The van der Waals surface area contributed by atoms with Crippen molar-refractivity contribution in [3.63, 3.8) is 0 Å². The van der Waals surface area contributed by atoms with Gasteiger partial charge in [0.2, 0.25) is 0 Å². The van der Waals surface area contributed by atoms with Crippen molar-refractivity contribution in [2.24, 2.45) is 0 Å². The lowest BCUT2D eigenvalue weighted by Crippen LogP contribution is -2.03. The largest absolute Gasteiger partial charge is 0.327 e. The number of aryl methyl sites for hydroxylation is 2. The lowest BCUT2D eigenvalue weighted by molar-refractivity contribution is 0.596. The van der Waals surface area contributed by atoms with E-state index in [1.807, 2.05) is 24.0 Å². The molecule has 0 saturated carbocycles. The maximum absolute atomic E-state index is 4.79. The number of benzene rings is 1. The van der Waals surface area contributed by atoms with Crippen LogP contribution in [0.5, 0.6) is 0 Å². The molecule has 0 radical (unpaired) electrons. The molecular weight excluding hydrogens is 290 g/mol. The molecule has 22 heavy (non-hydrogen) atoms. The molecule has 0 bridgehead atoms. The smallest absolute Gasteiger partial charge is 0.109 e. The van der Waals surface area contributed by atoms with Crippen LogP contribution in [0.4, 0.5) is 0 Å². The normalized spacial score (nSPS) is 11.5. The second-order valence-electron chi connectivity index (χ2n) is 5.60. The highest BCUT2D eigenvalue weighted by Gasteiger charge is 2.12. The molecule has 0 saturated heterocycles. The van der Waals surface area contributed by atoms with Gasteiger partial charge in [-0.25, -0.2) is 4.98 Å². The first-order valence-electron chi connectivity index (χ1n) is 8.07. The van der Waals surface area contributed by atoms with Crippen LogP contribution in [0, 0.1) is 0 Å². The van der Waals surface area contributed by atoms with Gasteiger partial charge in [0.25, 0.3) is 0 Å². The molecule has 0 aliphatic carbocycles. The minimum atomic E-state index is 0.966. The summed E-state index contributed by atoms with van der Waals surface area (Å²) in [6.45, 7) is 3.24. The van der Waals surface area contributed by atoms with Crippen LogP contribution in [0.3, 0.4) is 0 Å². The van der Waals surface area contributed by atoms with Crippen LogP contribution >= 0.6 is 11.8 Å². The number of aromatic nitrogens is 3. The second kappa shape index (κ2) is 7.14. The van der Waals surface area contributed by atoms with Crippen molar-refractivity contribution < 1.29 is 0 Å². The van der Waals surface area contributed by atoms with Crippen LogP contribution in [0.25, 0.3) is 21.9 Å². The van der Waals surface area contributed by atoms with Gasteiger partial charge < -0.3 is 4.57 Å². The summed E-state index contributed by atoms with van der Waals surface area (Å²) in [5, 5.41) is 1.22. The molecule has 0 spiro atoms. The highest BCUT2D eigenvalue weighted by atomic mass is 32.2. The summed E-state index contributed by atoms with van der Waals surface area (Å²) in [7, 11) is 0. The van der Waals surface area contributed by atoms with E-state index < -0.39 is 0 Å². The maximum Gasteiger partial charge on any atom is 0.109 e. The van der Waals surface area contributed by atoms with Gasteiger partial charge in [-0.3, -0.25) is 4.98 Å². The number of fused-ring (bicyclic) bond motifs is 3. The molecule has 1 aromatic carbocycles. The first-order valence-corrected chi connectivity index (χ1v) is 9.46. The summed E-state index contributed by atoms with van der Waals surface area (Å²) in [6, 6.07) is 8.38. The van der Waals surface area contributed by atoms with Crippen molar-refractivity contribution in [1.29, 1.82) is 0 Å². The van der Waals surface area contributed by atoms with Gasteiger partial charge in [-0.15, -0.1) is 0 Å². The van der Waals surface area contributed by atoms with Crippen LogP contribution in [0.2, 0.25) is 0 Å². The number of imidazole rings is 1. The lowest BCUT2D eigenvalue weighted by Gasteiger charge is -2.09. The number of pyridine rings is 1. The predicted octanol–water partition coefficient (Wildman–Crippen LogP) is 4.68. The zero-order valence-corrected chi connectivity index (χ0v) is 14.2. The van der Waals surface area contributed by atoms with Crippen LogP contribution in [0.15, 0.2) is 30.5 Å². The number of hydrogen-bond donors (Lipinski definition) is 0. The van der Waals surface area contributed by atoms with Crippen LogP contribution < -0.4 is 0 Å². The molecule has 0 fully saturated rings. The summed E-state index contributed by atoms with van der Waals surface area (Å²) >= 11 is 1.93. The Morgan fingerprint density at radius 3 is 2.77 bits per heavy atom. The minimum Gasteiger partial charge on any atom is -0.327 e.